The van der Waals surface area contributed by atoms with Gasteiger partial charge in [-0.3, -0.25) is 0 Å². The van der Waals surface area contributed by atoms with Crippen LogP contribution in [0.1, 0.15) is 0 Å². The SMILES string of the molecule is c1ccc(-c2cc(-c3nc(-c4ccccc4)nc(-c4ccccc4)n3)c3c(c2)oc2c(-n4c5ccccc5c5cc6c(cc54)oc4ccccc46)cccc23)cc1. The summed E-state index contributed by atoms with van der Waals surface area (Å²) in [7, 11) is 0. The predicted octanol–water partition coefficient (Wildman–Crippen LogP) is 13.4. The van der Waals surface area contributed by atoms with Gasteiger partial charge in [0.25, 0.3) is 0 Å². The van der Waals surface area contributed by atoms with E-state index < -0.39 is 0 Å². The Balaban J connectivity index is 1.17. The van der Waals surface area contributed by atoms with Crippen LogP contribution in [0.2, 0.25) is 0 Å². The molecular formula is C51H30N4O2. The van der Waals surface area contributed by atoms with E-state index in [9.17, 15) is 0 Å². The predicted molar refractivity (Wildman–Crippen MR) is 230 cm³/mol. The number of benzene rings is 8. The molecule has 0 atom stereocenters. The van der Waals surface area contributed by atoms with Crippen molar-refractivity contribution in [2.75, 3.05) is 0 Å². The van der Waals surface area contributed by atoms with Gasteiger partial charge in [0.15, 0.2) is 23.1 Å². The summed E-state index contributed by atoms with van der Waals surface area (Å²) in [4.78, 5) is 15.4. The Kier molecular flexibility index (Phi) is 6.83. The highest BCUT2D eigenvalue weighted by Crippen LogP contribution is 2.44. The minimum atomic E-state index is 0.572. The topological polar surface area (TPSA) is 69.9 Å². The van der Waals surface area contributed by atoms with Gasteiger partial charge < -0.3 is 13.4 Å². The van der Waals surface area contributed by atoms with E-state index in [0.29, 0.717) is 17.5 Å². The van der Waals surface area contributed by atoms with Crippen molar-refractivity contribution in [3.63, 3.8) is 0 Å². The van der Waals surface area contributed by atoms with Crippen LogP contribution in [-0.4, -0.2) is 19.5 Å². The van der Waals surface area contributed by atoms with Crippen LogP contribution in [0.25, 0.3) is 117 Å². The van der Waals surface area contributed by atoms with Crippen molar-refractivity contribution in [1.29, 1.82) is 0 Å². The Morgan fingerprint density at radius 1 is 0.351 bits per heavy atom. The zero-order valence-electron chi connectivity index (χ0n) is 30.4. The minimum absolute atomic E-state index is 0.572. The lowest BCUT2D eigenvalue weighted by Gasteiger charge is -2.11. The van der Waals surface area contributed by atoms with Crippen molar-refractivity contribution in [3.8, 4) is 51.0 Å². The average molecular weight is 731 g/mol. The van der Waals surface area contributed by atoms with Crippen LogP contribution >= 0.6 is 0 Å². The first kappa shape index (κ1) is 31.5. The molecule has 0 spiro atoms. The number of fused-ring (bicyclic) bond motifs is 9. The van der Waals surface area contributed by atoms with Gasteiger partial charge in [0, 0.05) is 55.1 Å². The fourth-order valence-corrected chi connectivity index (χ4v) is 8.44. The summed E-state index contributed by atoms with van der Waals surface area (Å²) in [5.41, 5.74) is 11.1. The van der Waals surface area contributed by atoms with Crippen molar-refractivity contribution < 1.29 is 8.83 Å². The number of para-hydroxylation sites is 3. The van der Waals surface area contributed by atoms with Crippen molar-refractivity contribution >= 4 is 65.7 Å². The summed E-state index contributed by atoms with van der Waals surface area (Å²) in [6, 6.07) is 62.5. The van der Waals surface area contributed by atoms with Crippen LogP contribution in [0.5, 0.6) is 0 Å². The average Bonchev–Trinajstić information content (AvgIpc) is 3.95. The highest BCUT2D eigenvalue weighted by atomic mass is 16.3. The molecule has 57 heavy (non-hydrogen) atoms. The van der Waals surface area contributed by atoms with E-state index in [1.807, 2.05) is 78.9 Å². The van der Waals surface area contributed by atoms with Gasteiger partial charge in [0.1, 0.15) is 16.7 Å². The summed E-state index contributed by atoms with van der Waals surface area (Å²) in [6.45, 7) is 0. The lowest BCUT2D eigenvalue weighted by atomic mass is 9.98. The van der Waals surface area contributed by atoms with Crippen LogP contribution in [-0.2, 0) is 0 Å². The van der Waals surface area contributed by atoms with Gasteiger partial charge in [-0.1, -0.05) is 140 Å². The largest absolute Gasteiger partial charge is 0.456 e. The first-order valence-corrected chi connectivity index (χ1v) is 19.0. The molecule has 4 aromatic heterocycles. The molecule has 0 aliphatic carbocycles. The van der Waals surface area contributed by atoms with E-state index in [1.165, 1.54) is 0 Å². The molecule has 0 bridgehead atoms. The van der Waals surface area contributed by atoms with Gasteiger partial charge >= 0.3 is 0 Å². The third-order valence-corrected chi connectivity index (χ3v) is 11.0. The Morgan fingerprint density at radius 2 is 0.965 bits per heavy atom. The van der Waals surface area contributed by atoms with Crippen LogP contribution in [0.15, 0.2) is 191 Å². The molecule has 266 valence electrons. The van der Waals surface area contributed by atoms with Crippen LogP contribution in [0, 0.1) is 0 Å². The molecule has 0 unspecified atom stereocenters. The number of nitrogens with zero attached hydrogens (tertiary/aromatic N) is 4. The van der Waals surface area contributed by atoms with Crippen molar-refractivity contribution in [1.82, 2.24) is 19.5 Å². The first-order valence-electron chi connectivity index (χ1n) is 19.0. The van der Waals surface area contributed by atoms with Crippen molar-refractivity contribution in [2.24, 2.45) is 0 Å². The monoisotopic (exact) mass is 730 g/mol. The van der Waals surface area contributed by atoms with E-state index in [-0.39, 0.29) is 0 Å². The second-order valence-electron chi connectivity index (χ2n) is 14.4. The maximum Gasteiger partial charge on any atom is 0.164 e. The van der Waals surface area contributed by atoms with Crippen LogP contribution < -0.4 is 0 Å². The molecule has 0 aliphatic rings. The number of furan rings is 2. The standard InChI is InChI=1S/C51H30N4O2/c1-4-15-31(16-5-1)34-27-40(51-53-49(32-17-6-2-7-18-32)52-50(54-51)33-19-8-3-9-20-33)47-37-23-14-25-42(48(37)57-46(47)28-34)55-41-24-12-10-21-35(41)38-29-39-36-22-11-13-26-44(36)56-45(39)30-43(38)55/h1-30H. The van der Waals surface area contributed by atoms with Crippen LogP contribution in [0.3, 0.4) is 0 Å². The summed E-state index contributed by atoms with van der Waals surface area (Å²) < 4.78 is 15.8. The van der Waals surface area contributed by atoms with Gasteiger partial charge in [0.05, 0.1) is 16.7 Å². The molecule has 12 aromatic rings. The lowest BCUT2D eigenvalue weighted by molar-refractivity contribution is 0.666. The van der Waals surface area contributed by atoms with Gasteiger partial charge in [0.2, 0.25) is 0 Å². The van der Waals surface area contributed by atoms with E-state index in [0.717, 1.165) is 99.2 Å². The fraction of sp³-hybridized carbons (Fsp3) is 0. The van der Waals surface area contributed by atoms with E-state index >= 15 is 0 Å². The maximum atomic E-state index is 7.08. The van der Waals surface area contributed by atoms with Gasteiger partial charge in [-0.05, 0) is 47.5 Å². The zero-order valence-corrected chi connectivity index (χ0v) is 30.4. The highest BCUT2D eigenvalue weighted by Gasteiger charge is 2.23. The third-order valence-electron chi connectivity index (χ3n) is 11.0. The molecule has 12 rings (SSSR count). The second kappa shape index (κ2) is 12.3. The smallest absolute Gasteiger partial charge is 0.164 e. The molecule has 8 aromatic carbocycles. The molecule has 6 nitrogen and oxygen atoms in total. The second-order valence-corrected chi connectivity index (χ2v) is 14.4. The molecule has 0 aliphatic heterocycles. The van der Waals surface area contributed by atoms with E-state index in [1.54, 1.807) is 0 Å². The molecule has 0 saturated carbocycles. The summed E-state index contributed by atoms with van der Waals surface area (Å²) in [6.07, 6.45) is 0. The number of rotatable bonds is 5. The number of hydrogen-bond donors (Lipinski definition) is 0. The molecule has 0 saturated heterocycles. The summed E-state index contributed by atoms with van der Waals surface area (Å²) in [5.74, 6) is 1.78. The molecule has 4 heterocycles. The van der Waals surface area contributed by atoms with Crippen LogP contribution in [0.4, 0.5) is 0 Å². The van der Waals surface area contributed by atoms with Crippen molar-refractivity contribution in [2.45, 2.75) is 0 Å². The molecule has 6 heteroatoms. The number of aromatic nitrogens is 4. The van der Waals surface area contributed by atoms with E-state index in [2.05, 4.69) is 108 Å². The fourth-order valence-electron chi connectivity index (χ4n) is 8.44. The molecule has 0 fully saturated rings. The summed E-state index contributed by atoms with van der Waals surface area (Å²) in [5, 5.41) is 6.43. The number of hydrogen-bond acceptors (Lipinski definition) is 5. The van der Waals surface area contributed by atoms with Gasteiger partial charge in [-0.15, -0.1) is 0 Å². The molecule has 0 N–H and O–H groups in total. The van der Waals surface area contributed by atoms with Gasteiger partial charge in [-0.25, -0.2) is 15.0 Å². The minimum Gasteiger partial charge on any atom is -0.456 e. The Bertz CT molecular complexity index is 3450. The Labute approximate surface area is 325 Å². The molecular weight excluding hydrogens is 701 g/mol. The Hall–Kier alpha value is -7.83. The normalized spacial score (nSPS) is 11.9. The first-order chi connectivity index (χ1) is 28.2. The van der Waals surface area contributed by atoms with Gasteiger partial charge in [-0.2, -0.15) is 0 Å². The van der Waals surface area contributed by atoms with E-state index in [4.69, 9.17) is 23.8 Å². The quantitative estimate of drug-likeness (QED) is 0.176. The molecule has 0 amide bonds. The zero-order chi connectivity index (χ0) is 37.5. The highest BCUT2D eigenvalue weighted by molar-refractivity contribution is 6.19. The lowest BCUT2D eigenvalue weighted by Crippen LogP contribution is -2.00. The summed E-state index contributed by atoms with van der Waals surface area (Å²) >= 11 is 0. The third kappa shape index (κ3) is 4.94. The maximum absolute atomic E-state index is 7.08. The molecule has 0 radical (unpaired) electrons. The Morgan fingerprint density at radius 3 is 1.70 bits per heavy atom. The van der Waals surface area contributed by atoms with Crippen molar-refractivity contribution in [3.05, 3.63) is 182 Å².